The Kier molecular flexibility index (Phi) is 4.57. The zero-order valence-electron chi connectivity index (χ0n) is 13.6. The number of nitrogens with zero attached hydrogens (tertiary/aromatic N) is 1. The first-order valence-corrected chi connectivity index (χ1v) is 7.34. The van der Waals surface area contributed by atoms with Crippen molar-refractivity contribution in [3.05, 3.63) is 45.6 Å². The highest BCUT2D eigenvalue weighted by atomic mass is 16.6. The number of esters is 2. The summed E-state index contributed by atoms with van der Waals surface area (Å²) in [5.41, 5.74) is 2.28. The lowest BCUT2D eigenvalue weighted by molar-refractivity contribution is 0.00635. The van der Waals surface area contributed by atoms with Crippen molar-refractivity contribution in [2.24, 2.45) is 0 Å². The molecule has 6 heteroatoms. The molecule has 0 saturated carbocycles. The van der Waals surface area contributed by atoms with Crippen molar-refractivity contribution in [2.75, 3.05) is 6.61 Å². The first-order chi connectivity index (χ1) is 10.7. The van der Waals surface area contributed by atoms with Gasteiger partial charge in [0.05, 0.1) is 23.4 Å². The van der Waals surface area contributed by atoms with E-state index in [9.17, 15) is 14.4 Å². The number of allylic oxidation sites excluding steroid dienone is 1. The molecule has 0 radical (unpaired) electrons. The highest BCUT2D eigenvalue weighted by Gasteiger charge is 2.26. The van der Waals surface area contributed by atoms with E-state index in [1.807, 2.05) is 0 Å². The smallest absolute Gasteiger partial charge is 0.341 e. The maximum atomic E-state index is 12.4. The molecule has 0 unspecified atom stereocenters. The van der Waals surface area contributed by atoms with Crippen molar-refractivity contribution in [3.63, 3.8) is 0 Å². The Morgan fingerprint density at radius 3 is 2.39 bits per heavy atom. The molecule has 1 aliphatic rings. The van der Waals surface area contributed by atoms with Gasteiger partial charge in [0.25, 0.3) is 5.56 Å². The van der Waals surface area contributed by atoms with Gasteiger partial charge in [0.1, 0.15) is 5.60 Å². The Hall–Kier alpha value is -2.59. The molecule has 0 amide bonds. The van der Waals surface area contributed by atoms with Gasteiger partial charge in [-0.25, -0.2) is 9.59 Å². The number of carbonyl (C=O) groups excluding carboxylic acids is 2. The number of ether oxygens (including phenoxy) is 2. The number of aromatic nitrogens is 1. The summed E-state index contributed by atoms with van der Waals surface area (Å²) in [4.78, 5) is 36.6. The molecule has 0 saturated heterocycles. The van der Waals surface area contributed by atoms with Crippen LogP contribution >= 0.6 is 0 Å². The van der Waals surface area contributed by atoms with E-state index >= 15 is 0 Å². The van der Waals surface area contributed by atoms with Crippen LogP contribution in [-0.2, 0) is 9.47 Å². The van der Waals surface area contributed by atoms with Gasteiger partial charge in [-0.1, -0.05) is 0 Å². The molecule has 1 aromatic heterocycles. The number of pyridine rings is 1. The molecule has 1 heterocycles. The predicted octanol–water partition coefficient (Wildman–Crippen LogP) is 2.38. The van der Waals surface area contributed by atoms with Crippen LogP contribution in [0.15, 0.2) is 28.9 Å². The average Bonchev–Trinajstić information content (AvgIpc) is 2.36. The van der Waals surface area contributed by atoms with Gasteiger partial charge in [0.15, 0.2) is 0 Å². The van der Waals surface area contributed by atoms with Gasteiger partial charge in [-0.05, 0) is 33.8 Å². The van der Waals surface area contributed by atoms with E-state index < -0.39 is 23.1 Å². The summed E-state index contributed by atoms with van der Waals surface area (Å²) in [5.74, 6) is -1.41. The Bertz CT molecular complexity index is 773. The van der Waals surface area contributed by atoms with E-state index in [0.29, 0.717) is 12.1 Å². The van der Waals surface area contributed by atoms with E-state index in [1.165, 1.54) is 10.8 Å². The number of carbonyl (C=O) groups is 2. The fourth-order valence-corrected chi connectivity index (χ4v) is 1.98. The van der Waals surface area contributed by atoms with Gasteiger partial charge in [0.2, 0.25) is 0 Å². The number of hydrogen-bond donors (Lipinski definition) is 0. The minimum atomic E-state index is -0.726. The lowest BCUT2D eigenvalue weighted by Gasteiger charge is -2.21. The predicted molar refractivity (Wildman–Crippen MR) is 84.2 cm³/mol. The third kappa shape index (κ3) is 3.79. The summed E-state index contributed by atoms with van der Waals surface area (Å²) < 4.78 is 11.5. The second-order valence-electron chi connectivity index (χ2n) is 6.03. The first-order valence-electron chi connectivity index (χ1n) is 7.34. The maximum absolute atomic E-state index is 12.4. The first kappa shape index (κ1) is 16.8. The van der Waals surface area contributed by atoms with Gasteiger partial charge in [-0.3, -0.25) is 9.36 Å². The molecule has 0 N–H and O–H groups in total. The van der Waals surface area contributed by atoms with Crippen LogP contribution in [0, 0.1) is 0 Å². The SMILES string of the molecule is CCOC(=O)c1cc(=O)n(C2=C=CC2)cc1C(=O)OC(C)(C)C. The highest BCUT2D eigenvalue weighted by molar-refractivity contribution is 6.03. The molecule has 0 spiro atoms. The van der Waals surface area contributed by atoms with E-state index in [2.05, 4.69) is 5.73 Å². The summed E-state index contributed by atoms with van der Waals surface area (Å²) in [7, 11) is 0. The van der Waals surface area contributed by atoms with Crippen molar-refractivity contribution in [1.82, 2.24) is 4.57 Å². The van der Waals surface area contributed by atoms with Crippen LogP contribution in [0.2, 0.25) is 0 Å². The Morgan fingerprint density at radius 1 is 1.26 bits per heavy atom. The van der Waals surface area contributed by atoms with Crippen molar-refractivity contribution in [2.45, 2.75) is 39.7 Å². The van der Waals surface area contributed by atoms with E-state index in [0.717, 1.165) is 6.07 Å². The normalized spacial score (nSPS) is 13.1. The van der Waals surface area contributed by atoms with Crippen LogP contribution in [-0.4, -0.2) is 28.7 Å². The summed E-state index contributed by atoms with van der Waals surface area (Å²) in [6.45, 7) is 6.96. The van der Waals surface area contributed by atoms with Gasteiger partial charge >= 0.3 is 11.9 Å². The van der Waals surface area contributed by atoms with Crippen LogP contribution < -0.4 is 5.56 Å². The molecule has 0 bridgehead atoms. The highest BCUT2D eigenvalue weighted by Crippen LogP contribution is 2.19. The van der Waals surface area contributed by atoms with E-state index in [4.69, 9.17) is 9.47 Å². The monoisotopic (exact) mass is 317 g/mol. The largest absolute Gasteiger partial charge is 0.462 e. The molecular formula is C17H19NO5. The van der Waals surface area contributed by atoms with Crippen LogP contribution in [0.5, 0.6) is 0 Å². The second kappa shape index (κ2) is 6.26. The number of hydrogen-bond acceptors (Lipinski definition) is 5. The third-order valence-electron chi connectivity index (χ3n) is 3.02. The Morgan fingerprint density at radius 2 is 1.91 bits per heavy atom. The third-order valence-corrected chi connectivity index (χ3v) is 3.02. The summed E-state index contributed by atoms with van der Waals surface area (Å²) in [6.07, 6.45) is 3.67. The van der Waals surface area contributed by atoms with Crippen molar-refractivity contribution >= 4 is 17.6 Å². The summed E-state index contributed by atoms with van der Waals surface area (Å²) in [5, 5.41) is 0. The Labute approximate surface area is 134 Å². The van der Waals surface area contributed by atoms with E-state index in [1.54, 1.807) is 33.8 Å². The molecule has 23 heavy (non-hydrogen) atoms. The molecule has 1 aromatic rings. The minimum Gasteiger partial charge on any atom is -0.462 e. The molecule has 0 aromatic carbocycles. The lowest BCUT2D eigenvalue weighted by atomic mass is 10.1. The van der Waals surface area contributed by atoms with Crippen molar-refractivity contribution in [1.29, 1.82) is 0 Å². The fraction of sp³-hybridized carbons (Fsp3) is 0.412. The Balaban J connectivity index is 2.55. The van der Waals surface area contributed by atoms with Crippen molar-refractivity contribution in [3.8, 4) is 0 Å². The average molecular weight is 317 g/mol. The molecule has 0 atom stereocenters. The van der Waals surface area contributed by atoms with Gasteiger partial charge in [-0.15, -0.1) is 5.73 Å². The topological polar surface area (TPSA) is 74.6 Å². The fourth-order valence-electron chi connectivity index (χ4n) is 1.98. The minimum absolute atomic E-state index is 0.000764. The van der Waals surface area contributed by atoms with Gasteiger partial charge in [-0.2, -0.15) is 0 Å². The van der Waals surface area contributed by atoms with Crippen LogP contribution in [0.1, 0.15) is 54.8 Å². The van der Waals surface area contributed by atoms with Crippen molar-refractivity contribution < 1.29 is 19.1 Å². The standard InChI is InChI=1S/C17H19NO5/c1-5-22-15(20)12-9-14(19)18(11-7-6-8-11)10-13(12)16(21)23-17(2,3)4/h6,9-10H,5,7H2,1-4H3. The maximum Gasteiger partial charge on any atom is 0.341 e. The van der Waals surface area contributed by atoms with Crippen LogP contribution in [0.3, 0.4) is 0 Å². The zero-order valence-corrected chi connectivity index (χ0v) is 13.6. The second-order valence-corrected chi connectivity index (χ2v) is 6.03. The van der Waals surface area contributed by atoms with Gasteiger partial charge < -0.3 is 9.47 Å². The molecule has 6 nitrogen and oxygen atoms in total. The summed E-state index contributed by atoms with van der Waals surface area (Å²) >= 11 is 0. The van der Waals surface area contributed by atoms with E-state index in [-0.39, 0.29) is 17.7 Å². The van der Waals surface area contributed by atoms with Gasteiger partial charge in [0, 0.05) is 18.7 Å². The number of rotatable bonds is 4. The summed E-state index contributed by atoms with van der Waals surface area (Å²) in [6, 6.07) is 1.10. The zero-order chi connectivity index (χ0) is 17.2. The van der Waals surface area contributed by atoms with Crippen LogP contribution in [0.4, 0.5) is 0 Å². The molecule has 2 rings (SSSR count). The molecule has 1 aliphatic carbocycles. The molecule has 122 valence electrons. The quantitative estimate of drug-likeness (QED) is 0.629. The molecule has 0 aliphatic heterocycles. The molecular weight excluding hydrogens is 298 g/mol. The lowest BCUT2D eigenvalue weighted by Crippen LogP contribution is -2.29. The van der Waals surface area contributed by atoms with Crippen LogP contribution in [0.25, 0.3) is 5.70 Å². The molecule has 0 fully saturated rings.